The second kappa shape index (κ2) is 10.6. The van der Waals surface area contributed by atoms with Gasteiger partial charge < -0.3 is 14.5 Å². The minimum absolute atomic E-state index is 0.0259. The fraction of sp³-hybridized carbons (Fsp3) is 0.222. The summed E-state index contributed by atoms with van der Waals surface area (Å²) in [6, 6.07) is 24.0. The standard InChI is InChI=1S/C27H26N2O4/c30-19-22-8-12-25(13-9-22)33-20-23-6-10-24(11-7-23)27(32)29-16-14-28(15-17-29)26(31)18-21-4-2-1-3-5-21/h1-13,19H,14-18,20H2. The van der Waals surface area contributed by atoms with Crippen molar-refractivity contribution in [3.8, 4) is 5.75 Å². The Hall–Kier alpha value is -3.93. The Balaban J connectivity index is 1.26. The van der Waals surface area contributed by atoms with Crippen molar-refractivity contribution >= 4 is 18.1 Å². The zero-order chi connectivity index (χ0) is 23.0. The van der Waals surface area contributed by atoms with Gasteiger partial charge in [0, 0.05) is 37.3 Å². The molecule has 3 aromatic rings. The number of benzene rings is 3. The van der Waals surface area contributed by atoms with Crippen LogP contribution < -0.4 is 4.74 Å². The molecule has 4 rings (SSSR count). The third-order valence-electron chi connectivity index (χ3n) is 5.74. The lowest BCUT2D eigenvalue weighted by Crippen LogP contribution is -2.51. The molecule has 2 amide bonds. The molecule has 0 aliphatic carbocycles. The van der Waals surface area contributed by atoms with E-state index in [2.05, 4.69) is 0 Å². The molecule has 0 atom stereocenters. The van der Waals surface area contributed by atoms with Gasteiger partial charge in [-0.05, 0) is 47.5 Å². The molecular weight excluding hydrogens is 416 g/mol. The molecule has 0 spiro atoms. The van der Waals surface area contributed by atoms with Gasteiger partial charge in [0.1, 0.15) is 18.6 Å². The molecule has 33 heavy (non-hydrogen) atoms. The lowest BCUT2D eigenvalue weighted by atomic mass is 10.1. The van der Waals surface area contributed by atoms with Crippen LogP contribution in [-0.4, -0.2) is 54.1 Å². The average Bonchev–Trinajstić information content (AvgIpc) is 2.88. The third-order valence-corrected chi connectivity index (χ3v) is 5.74. The maximum Gasteiger partial charge on any atom is 0.253 e. The maximum absolute atomic E-state index is 12.9. The summed E-state index contributed by atoms with van der Waals surface area (Å²) in [5.74, 6) is 0.751. The third kappa shape index (κ3) is 5.86. The molecule has 0 N–H and O–H groups in total. The summed E-state index contributed by atoms with van der Waals surface area (Å²) in [6.45, 7) is 2.53. The van der Waals surface area contributed by atoms with Crippen LogP contribution in [0.1, 0.15) is 31.8 Å². The largest absolute Gasteiger partial charge is 0.489 e. The zero-order valence-corrected chi connectivity index (χ0v) is 18.4. The van der Waals surface area contributed by atoms with Crippen LogP contribution in [0.5, 0.6) is 5.75 Å². The number of hydrogen-bond donors (Lipinski definition) is 0. The highest BCUT2D eigenvalue weighted by molar-refractivity contribution is 5.94. The molecule has 0 saturated carbocycles. The molecule has 1 aliphatic rings. The number of carbonyl (C=O) groups is 3. The first kappa shape index (κ1) is 22.3. The Morgan fingerprint density at radius 1 is 0.758 bits per heavy atom. The number of piperazine rings is 1. The summed E-state index contributed by atoms with van der Waals surface area (Å²) in [4.78, 5) is 39.8. The highest BCUT2D eigenvalue weighted by atomic mass is 16.5. The van der Waals surface area contributed by atoms with E-state index in [4.69, 9.17) is 4.74 Å². The SMILES string of the molecule is O=Cc1ccc(OCc2ccc(C(=O)N3CCN(C(=O)Cc4ccccc4)CC3)cc2)cc1. The minimum atomic E-state index is -0.0259. The van der Waals surface area contributed by atoms with E-state index in [0.717, 1.165) is 17.4 Å². The summed E-state index contributed by atoms with van der Waals surface area (Å²) in [5.41, 5.74) is 3.18. The topological polar surface area (TPSA) is 66.9 Å². The quantitative estimate of drug-likeness (QED) is 0.525. The predicted molar refractivity (Wildman–Crippen MR) is 125 cm³/mol. The molecular formula is C27H26N2O4. The van der Waals surface area contributed by atoms with Crippen molar-refractivity contribution in [2.45, 2.75) is 13.0 Å². The molecule has 6 heteroatoms. The van der Waals surface area contributed by atoms with Crippen LogP contribution in [0.3, 0.4) is 0 Å². The summed E-state index contributed by atoms with van der Waals surface area (Å²) in [5, 5.41) is 0. The van der Waals surface area contributed by atoms with Crippen molar-refractivity contribution in [1.29, 1.82) is 0 Å². The van der Waals surface area contributed by atoms with Crippen LogP contribution in [0.2, 0.25) is 0 Å². The van der Waals surface area contributed by atoms with Crippen LogP contribution in [0, 0.1) is 0 Å². The molecule has 0 aromatic heterocycles. The molecule has 0 unspecified atom stereocenters. The van der Waals surface area contributed by atoms with Gasteiger partial charge in [-0.1, -0.05) is 42.5 Å². The number of nitrogens with zero attached hydrogens (tertiary/aromatic N) is 2. The number of rotatable bonds is 7. The van der Waals surface area contributed by atoms with Gasteiger partial charge in [-0.3, -0.25) is 14.4 Å². The Labute approximate surface area is 193 Å². The Morgan fingerprint density at radius 3 is 2.03 bits per heavy atom. The molecule has 1 heterocycles. The van der Waals surface area contributed by atoms with E-state index in [-0.39, 0.29) is 11.8 Å². The van der Waals surface area contributed by atoms with Crippen LogP contribution >= 0.6 is 0 Å². The smallest absolute Gasteiger partial charge is 0.253 e. The molecule has 1 aliphatic heterocycles. The van der Waals surface area contributed by atoms with E-state index in [1.54, 1.807) is 29.2 Å². The molecule has 3 aromatic carbocycles. The minimum Gasteiger partial charge on any atom is -0.489 e. The van der Waals surface area contributed by atoms with Crippen molar-refractivity contribution in [2.75, 3.05) is 26.2 Å². The van der Waals surface area contributed by atoms with Gasteiger partial charge in [0.05, 0.1) is 6.42 Å². The van der Waals surface area contributed by atoms with Crippen molar-refractivity contribution in [2.24, 2.45) is 0 Å². The first-order valence-corrected chi connectivity index (χ1v) is 11.0. The molecule has 6 nitrogen and oxygen atoms in total. The highest BCUT2D eigenvalue weighted by Crippen LogP contribution is 2.15. The van der Waals surface area contributed by atoms with Gasteiger partial charge in [-0.25, -0.2) is 0 Å². The van der Waals surface area contributed by atoms with Crippen LogP contribution in [0.4, 0.5) is 0 Å². The summed E-state index contributed by atoms with van der Waals surface area (Å²) in [6.07, 6.45) is 1.18. The summed E-state index contributed by atoms with van der Waals surface area (Å²) >= 11 is 0. The van der Waals surface area contributed by atoms with Crippen molar-refractivity contribution in [1.82, 2.24) is 9.80 Å². The number of ether oxygens (including phenoxy) is 1. The predicted octanol–water partition coefficient (Wildman–Crippen LogP) is 3.61. The molecule has 168 valence electrons. The van der Waals surface area contributed by atoms with E-state index in [0.29, 0.717) is 56.1 Å². The summed E-state index contributed by atoms with van der Waals surface area (Å²) in [7, 11) is 0. The lowest BCUT2D eigenvalue weighted by Gasteiger charge is -2.35. The van der Waals surface area contributed by atoms with Gasteiger partial charge in [0.2, 0.25) is 5.91 Å². The maximum atomic E-state index is 12.9. The summed E-state index contributed by atoms with van der Waals surface area (Å²) < 4.78 is 5.74. The number of carbonyl (C=O) groups excluding carboxylic acids is 3. The van der Waals surface area contributed by atoms with Crippen LogP contribution in [0.15, 0.2) is 78.9 Å². The van der Waals surface area contributed by atoms with E-state index in [1.165, 1.54) is 0 Å². The highest BCUT2D eigenvalue weighted by Gasteiger charge is 2.24. The second-order valence-electron chi connectivity index (χ2n) is 8.01. The molecule has 0 bridgehead atoms. The van der Waals surface area contributed by atoms with E-state index in [1.807, 2.05) is 59.5 Å². The van der Waals surface area contributed by atoms with Crippen LogP contribution in [0.25, 0.3) is 0 Å². The van der Waals surface area contributed by atoms with Gasteiger partial charge in [-0.15, -0.1) is 0 Å². The van der Waals surface area contributed by atoms with E-state index < -0.39 is 0 Å². The molecule has 1 saturated heterocycles. The fourth-order valence-corrected chi connectivity index (χ4v) is 3.78. The monoisotopic (exact) mass is 442 g/mol. The van der Waals surface area contributed by atoms with Crippen molar-refractivity contribution < 1.29 is 19.1 Å². The van der Waals surface area contributed by atoms with Gasteiger partial charge in [-0.2, -0.15) is 0 Å². The number of hydrogen-bond acceptors (Lipinski definition) is 4. The normalized spacial score (nSPS) is 13.5. The fourth-order valence-electron chi connectivity index (χ4n) is 3.78. The lowest BCUT2D eigenvalue weighted by molar-refractivity contribution is -0.131. The molecule has 1 fully saturated rings. The Morgan fingerprint density at radius 2 is 1.39 bits per heavy atom. The zero-order valence-electron chi connectivity index (χ0n) is 18.4. The first-order valence-electron chi connectivity index (χ1n) is 11.0. The van der Waals surface area contributed by atoms with Crippen molar-refractivity contribution in [3.63, 3.8) is 0 Å². The number of aldehydes is 1. The average molecular weight is 443 g/mol. The number of amides is 2. The Bertz CT molecular complexity index is 1090. The van der Waals surface area contributed by atoms with Crippen LogP contribution in [-0.2, 0) is 17.8 Å². The van der Waals surface area contributed by atoms with Crippen molar-refractivity contribution in [3.05, 3.63) is 101 Å². The van der Waals surface area contributed by atoms with Gasteiger partial charge in [0.25, 0.3) is 5.91 Å². The van der Waals surface area contributed by atoms with E-state index >= 15 is 0 Å². The second-order valence-corrected chi connectivity index (χ2v) is 8.01. The van der Waals surface area contributed by atoms with Gasteiger partial charge >= 0.3 is 0 Å². The van der Waals surface area contributed by atoms with Gasteiger partial charge in [0.15, 0.2) is 0 Å². The Kier molecular flexibility index (Phi) is 7.15. The first-order chi connectivity index (χ1) is 16.1. The molecule has 0 radical (unpaired) electrons. The van der Waals surface area contributed by atoms with E-state index in [9.17, 15) is 14.4 Å².